The third-order valence-corrected chi connectivity index (χ3v) is 5.22. The van der Waals surface area contributed by atoms with Crippen LogP contribution in [0, 0.1) is 5.82 Å². The smallest absolute Gasteiger partial charge is 0.376 e. The van der Waals surface area contributed by atoms with E-state index in [1.165, 1.54) is 36.4 Å². The van der Waals surface area contributed by atoms with Crippen molar-refractivity contribution in [3.05, 3.63) is 65.5 Å². The van der Waals surface area contributed by atoms with Gasteiger partial charge in [-0.05, 0) is 56.4 Å². The van der Waals surface area contributed by atoms with Crippen LogP contribution >= 0.6 is 0 Å². The van der Waals surface area contributed by atoms with Crippen LogP contribution in [-0.2, 0) is 14.9 Å². The van der Waals surface area contributed by atoms with E-state index >= 15 is 0 Å². The van der Waals surface area contributed by atoms with Gasteiger partial charge in [0.25, 0.3) is 0 Å². The first-order chi connectivity index (χ1) is 13.8. The number of amides is 1. The van der Waals surface area contributed by atoms with Crippen LogP contribution in [0.25, 0.3) is 0 Å². The van der Waals surface area contributed by atoms with Gasteiger partial charge in [0.2, 0.25) is 5.91 Å². The largest absolute Gasteiger partial charge is 0.534 e. The van der Waals surface area contributed by atoms with Gasteiger partial charge >= 0.3 is 15.6 Å². The van der Waals surface area contributed by atoms with E-state index < -0.39 is 45.2 Å². The molecule has 2 rings (SSSR count). The van der Waals surface area contributed by atoms with E-state index in [-0.39, 0.29) is 0 Å². The first kappa shape index (κ1) is 23.6. The van der Waals surface area contributed by atoms with E-state index in [1.54, 1.807) is 25.9 Å². The summed E-state index contributed by atoms with van der Waals surface area (Å²) in [5, 5.41) is 2.81. The summed E-state index contributed by atoms with van der Waals surface area (Å²) in [5.41, 5.74) is -4.45. The molecule has 0 saturated heterocycles. The van der Waals surface area contributed by atoms with Crippen LogP contribution in [0.4, 0.5) is 17.6 Å². The first-order valence-corrected chi connectivity index (χ1v) is 10.1. The van der Waals surface area contributed by atoms with Crippen molar-refractivity contribution in [3.8, 4) is 5.75 Å². The second-order valence-corrected chi connectivity index (χ2v) is 8.24. The number of nitrogens with zero attached hydrogens (tertiary/aromatic N) is 1. The number of hydrogen-bond donors (Lipinski definition) is 1. The van der Waals surface area contributed by atoms with Crippen molar-refractivity contribution in [2.45, 2.75) is 24.5 Å². The summed E-state index contributed by atoms with van der Waals surface area (Å²) < 4.78 is 76.5. The summed E-state index contributed by atoms with van der Waals surface area (Å²) >= 11 is 0. The van der Waals surface area contributed by atoms with Gasteiger partial charge < -0.3 is 9.50 Å². The van der Waals surface area contributed by atoms with Crippen molar-refractivity contribution in [2.75, 3.05) is 14.1 Å². The van der Waals surface area contributed by atoms with E-state index in [9.17, 15) is 30.8 Å². The lowest BCUT2D eigenvalue weighted by Crippen LogP contribution is -2.39. The van der Waals surface area contributed by atoms with Gasteiger partial charge in [-0.1, -0.05) is 24.3 Å². The molecule has 1 amide bonds. The molecule has 0 radical (unpaired) electrons. The monoisotopic (exact) mass is 448 g/mol. The minimum Gasteiger partial charge on any atom is -0.376 e. The molecular weight excluding hydrogens is 428 g/mol. The molecule has 2 unspecified atom stereocenters. The highest BCUT2D eigenvalue weighted by molar-refractivity contribution is 7.88. The summed E-state index contributed by atoms with van der Waals surface area (Å²) in [4.78, 5) is 14.4. The topological polar surface area (TPSA) is 75.7 Å². The lowest BCUT2D eigenvalue weighted by Gasteiger charge is -2.27. The zero-order valence-electron chi connectivity index (χ0n) is 16.3. The highest BCUT2D eigenvalue weighted by atomic mass is 32.2. The number of halogens is 4. The Morgan fingerprint density at radius 1 is 1.00 bits per heavy atom. The number of carbonyl (C=O) groups excluding carboxylic acids is 1. The third-order valence-electron chi connectivity index (χ3n) is 4.24. The van der Waals surface area contributed by atoms with Crippen LogP contribution in [0.5, 0.6) is 5.75 Å². The van der Waals surface area contributed by atoms with Crippen molar-refractivity contribution in [3.63, 3.8) is 0 Å². The van der Waals surface area contributed by atoms with Gasteiger partial charge in [-0.3, -0.25) is 9.69 Å². The molecule has 164 valence electrons. The van der Waals surface area contributed by atoms with Gasteiger partial charge in [0.1, 0.15) is 17.7 Å². The van der Waals surface area contributed by atoms with Gasteiger partial charge in [-0.15, -0.1) is 0 Å². The summed E-state index contributed by atoms with van der Waals surface area (Å²) in [6.45, 7) is 1.58. The highest BCUT2D eigenvalue weighted by Crippen LogP contribution is 2.28. The lowest BCUT2D eigenvalue weighted by atomic mass is 10.00. The molecule has 0 saturated carbocycles. The molecule has 0 fully saturated rings. The number of alkyl halides is 3. The number of nitrogens with one attached hydrogen (secondary N) is 1. The number of benzene rings is 2. The van der Waals surface area contributed by atoms with Crippen LogP contribution in [0.2, 0.25) is 0 Å². The summed E-state index contributed by atoms with van der Waals surface area (Å²) in [5.74, 6) is -2.04. The van der Waals surface area contributed by atoms with Crippen LogP contribution in [0.15, 0.2) is 48.5 Å². The van der Waals surface area contributed by atoms with E-state index in [0.717, 1.165) is 12.1 Å². The molecule has 2 atom stereocenters. The molecule has 0 aromatic heterocycles. The third kappa shape index (κ3) is 5.70. The standard InChI is InChI=1S/C19H20F4N2O4S/c1-12(13-6-10-16(11-7-13)29-30(27,28)19(21,22)23)18(26)24-17(25(2)3)14-4-8-15(20)9-5-14/h4-12,17H,1-3H3,(H,24,26). The van der Waals surface area contributed by atoms with Gasteiger partial charge in [0, 0.05) is 0 Å². The van der Waals surface area contributed by atoms with Crippen LogP contribution in [-0.4, -0.2) is 38.8 Å². The molecule has 0 heterocycles. The maximum atomic E-state index is 13.2. The second-order valence-electron chi connectivity index (χ2n) is 6.70. The van der Waals surface area contributed by atoms with Crippen molar-refractivity contribution in [1.82, 2.24) is 10.2 Å². The average Bonchev–Trinajstić information content (AvgIpc) is 2.65. The number of rotatable bonds is 7. The Hall–Kier alpha value is -2.66. The summed E-state index contributed by atoms with van der Waals surface area (Å²) in [6.07, 6.45) is -0.542. The van der Waals surface area contributed by atoms with Crippen molar-refractivity contribution in [2.24, 2.45) is 0 Å². The molecule has 0 aliphatic rings. The molecular formula is C19H20F4N2O4S. The SMILES string of the molecule is CC(C(=O)NC(c1ccc(F)cc1)N(C)C)c1ccc(OS(=O)(=O)C(F)(F)F)cc1. The summed E-state index contributed by atoms with van der Waals surface area (Å²) in [6, 6.07) is 10.3. The highest BCUT2D eigenvalue weighted by Gasteiger charge is 2.48. The Bertz CT molecular complexity index is 975. The molecule has 6 nitrogen and oxygen atoms in total. The van der Waals surface area contributed by atoms with Crippen molar-refractivity contribution < 1.29 is 35.0 Å². The Labute approximate surface area is 171 Å². The molecule has 0 bridgehead atoms. The number of carbonyl (C=O) groups is 1. The van der Waals surface area contributed by atoms with Gasteiger partial charge in [-0.25, -0.2) is 4.39 Å². The first-order valence-electron chi connectivity index (χ1n) is 8.65. The van der Waals surface area contributed by atoms with Gasteiger partial charge in [0.15, 0.2) is 0 Å². The van der Waals surface area contributed by atoms with E-state index in [1.807, 2.05) is 0 Å². The molecule has 0 aliphatic carbocycles. The fourth-order valence-electron chi connectivity index (χ4n) is 2.55. The molecule has 11 heteroatoms. The average molecular weight is 448 g/mol. The Kier molecular flexibility index (Phi) is 7.09. The van der Waals surface area contributed by atoms with E-state index in [0.29, 0.717) is 11.1 Å². The molecule has 0 spiro atoms. The summed E-state index contributed by atoms with van der Waals surface area (Å²) in [7, 11) is -2.31. The van der Waals surface area contributed by atoms with Crippen LogP contribution in [0.1, 0.15) is 30.1 Å². The zero-order chi connectivity index (χ0) is 22.7. The Morgan fingerprint density at radius 2 is 1.50 bits per heavy atom. The van der Waals surface area contributed by atoms with Crippen molar-refractivity contribution in [1.29, 1.82) is 0 Å². The van der Waals surface area contributed by atoms with Crippen molar-refractivity contribution >= 4 is 16.0 Å². The molecule has 2 aromatic carbocycles. The predicted molar refractivity (Wildman–Crippen MR) is 101 cm³/mol. The Balaban J connectivity index is 2.12. The van der Waals surface area contributed by atoms with Crippen LogP contribution < -0.4 is 9.50 Å². The molecule has 0 aliphatic heterocycles. The quantitative estimate of drug-likeness (QED) is 0.304. The number of hydrogen-bond acceptors (Lipinski definition) is 5. The van der Waals surface area contributed by atoms with Gasteiger partial charge in [0.05, 0.1) is 5.92 Å². The molecule has 1 N–H and O–H groups in total. The maximum Gasteiger partial charge on any atom is 0.534 e. The minimum atomic E-state index is -5.77. The molecule has 30 heavy (non-hydrogen) atoms. The fraction of sp³-hybridized carbons (Fsp3) is 0.316. The maximum absolute atomic E-state index is 13.2. The van der Waals surface area contributed by atoms with Gasteiger partial charge in [-0.2, -0.15) is 21.6 Å². The minimum absolute atomic E-state index is 0.394. The fourth-order valence-corrected chi connectivity index (χ4v) is 3.01. The zero-order valence-corrected chi connectivity index (χ0v) is 17.1. The lowest BCUT2D eigenvalue weighted by molar-refractivity contribution is -0.124. The van der Waals surface area contributed by atoms with E-state index in [4.69, 9.17) is 0 Å². The Morgan fingerprint density at radius 3 is 1.97 bits per heavy atom. The molecule has 2 aromatic rings. The van der Waals surface area contributed by atoms with E-state index in [2.05, 4.69) is 9.50 Å². The normalized spacial score (nSPS) is 14.3. The second kappa shape index (κ2) is 9.00. The van der Waals surface area contributed by atoms with Crippen LogP contribution in [0.3, 0.4) is 0 Å². The predicted octanol–water partition coefficient (Wildman–Crippen LogP) is 3.53.